The largest absolute Gasteiger partial charge is 0.382 e. The Balaban J connectivity index is 1.36. The second-order valence-electron chi connectivity index (χ2n) is 8.95. The smallest absolute Gasteiger partial charge is 0.243 e. The number of likely N-dealkylation sites (tertiary alicyclic amines) is 1. The highest BCUT2D eigenvalue weighted by Crippen LogP contribution is 2.30. The molecule has 5 heterocycles. The molecule has 3 N–H and O–H groups in total. The molecule has 2 saturated heterocycles. The van der Waals surface area contributed by atoms with Crippen molar-refractivity contribution in [2.24, 2.45) is 4.99 Å². The highest BCUT2D eigenvalue weighted by Gasteiger charge is 2.35. The molecule has 0 bridgehead atoms. The molecular formula is C23H29FN8O. The van der Waals surface area contributed by atoms with E-state index in [-0.39, 0.29) is 6.04 Å². The number of hydrogen-bond acceptors (Lipinski definition) is 8. The zero-order valence-electron chi connectivity index (χ0n) is 19.1. The van der Waals surface area contributed by atoms with Gasteiger partial charge in [-0.05, 0) is 45.4 Å². The van der Waals surface area contributed by atoms with E-state index in [0.29, 0.717) is 49.5 Å². The van der Waals surface area contributed by atoms with Gasteiger partial charge in [-0.25, -0.2) is 8.91 Å². The third-order valence-electron chi connectivity index (χ3n) is 6.24. The predicted molar refractivity (Wildman–Crippen MR) is 127 cm³/mol. The van der Waals surface area contributed by atoms with E-state index in [2.05, 4.69) is 25.3 Å². The number of alkyl halides is 1. The van der Waals surface area contributed by atoms with Crippen LogP contribution in [0.1, 0.15) is 26.0 Å². The Morgan fingerprint density at radius 2 is 2.06 bits per heavy atom. The zero-order valence-corrected chi connectivity index (χ0v) is 19.1. The molecule has 3 aromatic heterocycles. The van der Waals surface area contributed by atoms with Crippen LogP contribution in [0.3, 0.4) is 0 Å². The van der Waals surface area contributed by atoms with Crippen molar-refractivity contribution in [1.29, 1.82) is 0 Å². The number of ether oxygens (including phenoxy) is 1. The quantitative estimate of drug-likeness (QED) is 0.573. The molecule has 5 rings (SSSR count). The number of nitrogens with zero attached hydrogens (tertiary/aromatic N) is 6. The fourth-order valence-electron chi connectivity index (χ4n) is 4.41. The lowest BCUT2D eigenvalue weighted by molar-refractivity contribution is -0.0794. The number of fused-ring (bicyclic) bond motifs is 1. The Labute approximate surface area is 191 Å². The number of halogens is 1. The van der Waals surface area contributed by atoms with Crippen molar-refractivity contribution in [3.63, 3.8) is 0 Å². The molecule has 0 aliphatic carbocycles. The van der Waals surface area contributed by atoms with Gasteiger partial charge < -0.3 is 15.8 Å². The molecule has 0 radical (unpaired) electrons. The van der Waals surface area contributed by atoms with Crippen LogP contribution in [-0.2, 0) is 4.74 Å². The van der Waals surface area contributed by atoms with Gasteiger partial charge in [0.05, 0.1) is 42.4 Å². The standard InChI is InChI=1S/C23H29FN8O/c1-13(2)26-18-4-5-19(27-14(18)3)16-6-9-32-21(16)22(25)29-23(30-32)28-20-7-8-31(10-17(20)24)15-11-33-12-15/h4-6,9,15,17,20H,7-8,10-12H2,1-3H3,(H3,25,28,29,30)/t17-,20?/m0/s1. The molecule has 3 aromatic rings. The summed E-state index contributed by atoms with van der Waals surface area (Å²) in [4.78, 5) is 15.8. The average Bonchev–Trinajstić information content (AvgIpc) is 3.14. The van der Waals surface area contributed by atoms with Gasteiger partial charge in [-0.3, -0.25) is 14.9 Å². The van der Waals surface area contributed by atoms with Crippen LogP contribution < -0.4 is 11.1 Å². The molecule has 2 atom stereocenters. The summed E-state index contributed by atoms with van der Waals surface area (Å²) in [5.41, 5.74) is 11.3. The van der Waals surface area contributed by atoms with Gasteiger partial charge in [0, 0.05) is 30.6 Å². The van der Waals surface area contributed by atoms with E-state index >= 15 is 0 Å². The first-order valence-corrected chi connectivity index (χ1v) is 11.3. The van der Waals surface area contributed by atoms with E-state index in [1.54, 1.807) is 4.52 Å². The molecule has 174 valence electrons. The number of aliphatic imine (C=N–C) groups is 1. The van der Waals surface area contributed by atoms with Crippen molar-refractivity contribution in [1.82, 2.24) is 24.5 Å². The number of pyridine rings is 1. The normalized spacial score (nSPS) is 21.7. The van der Waals surface area contributed by atoms with Gasteiger partial charge in [0.2, 0.25) is 5.95 Å². The average molecular weight is 453 g/mol. The number of nitrogens with two attached hydrogens (primary N) is 1. The molecule has 2 fully saturated rings. The van der Waals surface area contributed by atoms with Gasteiger partial charge in [-0.2, -0.15) is 4.98 Å². The first-order valence-electron chi connectivity index (χ1n) is 11.3. The lowest BCUT2D eigenvalue weighted by atomic mass is 10.0. The summed E-state index contributed by atoms with van der Waals surface area (Å²) in [6.45, 7) is 8.44. The fraction of sp³-hybridized carbons (Fsp3) is 0.478. The molecule has 10 heteroatoms. The molecule has 0 spiro atoms. The van der Waals surface area contributed by atoms with Crippen LogP contribution >= 0.6 is 0 Å². The third kappa shape index (κ3) is 4.28. The zero-order chi connectivity index (χ0) is 23.1. The first kappa shape index (κ1) is 21.7. The summed E-state index contributed by atoms with van der Waals surface area (Å²) in [6, 6.07) is 5.77. The molecular weight excluding hydrogens is 423 g/mol. The summed E-state index contributed by atoms with van der Waals surface area (Å²) < 4.78 is 21.7. The molecule has 2 aliphatic rings. The lowest BCUT2D eigenvalue weighted by Crippen LogP contribution is -2.57. The van der Waals surface area contributed by atoms with Crippen LogP contribution in [0, 0.1) is 6.92 Å². The number of piperidine rings is 1. The van der Waals surface area contributed by atoms with Gasteiger partial charge in [0.1, 0.15) is 11.7 Å². The maximum absolute atomic E-state index is 14.8. The lowest BCUT2D eigenvalue weighted by Gasteiger charge is -2.42. The van der Waals surface area contributed by atoms with Crippen molar-refractivity contribution < 1.29 is 9.13 Å². The fourth-order valence-corrected chi connectivity index (χ4v) is 4.41. The van der Waals surface area contributed by atoms with Gasteiger partial charge in [-0.1, -0.05) is 0 Å². The molecule has 0 aromatic carbocycles. The van der Waals surface area contributed by atoms with Crippen LogP contribution in [0.2, 0.25) is 0 Å². The maximum Gasteiger partial charge on any atom is 0.243 e. The van der Waals surface area contributed by atoms with E-state index in [1.165, 1.54) is 0 Å². The summed E-state index contributed by atoms with van der Waals surface area (Å²) >= 11 is 0. The second kappa shape index (κ2) is 8.68. The minimum absolute atomic E-state index is 0.318. The molecule has 0 saturated carbocycles. The second-order valence-corrected chi connectivity index (χ2v) is 8.95. The number of nitrogens with one attached hydrogen (secondary N) is 1. The highest BCUT2D eigenvalue weighted by molar-refractivity contribution is 5.87. The summed E-state index contributed by atoms with van der Waals surface area (Å²) in [7, 11) is 0. The number of rotatable bonds is 5. The topological polar surface area (TPSA) is 106 Å². The van der Waals surface area contributed by atoms with Gasteiger partial charge in [-0.15, -0.1) is 5.10 Å². The van der Waals surface area contributed by atoms with Crippen LogP contribution in [0.4, 0.5) is 21.8 Å². The first-order chi connectivity index (χ1) is 15.9. The molecule has 33 heavy (non-hydrogen) atoms. The monoisotopic (exact) mass is 452 g/mol. The SMILES string of the molecule is CC(C)=Nc1ccc(-c2ccn3nc(NC4CCN(C5COC5)C[C@@H]4F)nc(N)c23)nc1C. The van der Waals surface area contributed by atoms with Gasteiger partial charge in [0.25, 0.3) is 0 Å². The van der Waals surface area contributed by atoms with E-state index < -0.39 is 6.17 Å². The summed E-state index contributed by atoms with van der Waals surface area (Å²) in [5, 5.41) is 7.69. The van der Waals surface area contributed by atoms with E-state index in [9.17, 15) is 4.39 Å². The number of nitrogen functional groups attached to an aromatic ring is 1. The summed E-state index contributed by atoms with van der Waals surface area (Å²) in [6.07, 6.45) is 1.48. The van der Waals surface area contributed by atoms with Crippen molar-refractivity contribution in [3.8, 4) is 11.3 Å². The van der Waals surface area contributed by atoms with Crippen LogP contribution in [0.25, 0.3) is 16.8 Å². The minimum atomic E-state index is -1.01. The van der Waals surface area contributed by atoms with Gasteiger partial charge >= 0.3 is 0 Å². The minimum Gasteiger partial charge on any atom is -0.382 e. The number of aromatic nitrogens is 4. The third-order valence-corrected chi connectivity index (χ3v) is 6.24. The van der Waals surface area contributed by atoms with E-state index in [0.717, 1.165) is 34.9 Å². The molecule has 1 unspecified atom stereocenters. The van der Waals surface area contributed by atoms with Crippen LogP contribution in [-0.4, -0.2) is 74.8 Å². The van der Waals surface area contributed by atoms with Crippen molar-refractivity contribution in [2.45, 2.75) is 45.4 Å². The van der Waals surface area contributed by atoms with Crippen molar-refractivity contribution in [3.05, 3.63) is 30.1 Å². The van der Waals surface area contributed by atoms with Crippen molar-refractivity contribution in [2.75, 3.05) is 37.4 Å². The molecule has 2 aliphatic heterocycles. The number of anilines is 2. The van der Waals surface area contributed by atoms with Gasteiger partial charge in [0.15, 0.2) is 5.82 Å². The number of aryl methyl sites for hydroxylation is 1. The molecule has 0 amide bonds. The molecule has 9 nitrogen and oxygen atoms in total. The summed E-state index contributed by atoms with van der Waals surface area (Å²) in [5.74, 6) is 0.639. The predicted octanol–water partition coefficient (Wildman–Crippen LogP) is 3.02. The highest BCUT2D eigenvalue weighted by atomic mass is 19.1. The van der Waals surface area contributed by atoms with E-state index in [4.69, 9.17) is 15.5 Å². The Kier molecular flexibility index (Phi) is 5.71. The Bertz CT molecular complexity index is 1200. The van der Waals surface area contributed by atoms with E-state index in [1.807, 2.05) is 45.2 Å². The van der Waals surface area contributed by atoms with Crippen LogP contribution in [0.5, 0.6) is 0 Å². The van der Waals surface area contributed by atoms with Crippen molar-refractivity contribution >= 4 is 28.7 Å². The maximum atomic E-state index is 14.8. The van der Waals surface area contributed by atoms with Crippen LogP contribution in [0.15, 0.2) is 29.4 Å². The Hall–Kier alpha value is -3.11. The Morgan fingerprint density at radius 3 is 2.73 bits per heavy atom. The Morgan fingerprint density at radius 1 is 1.24 bits per heavy atom. The number of hydrogen-bond donors (Lipinski definition) is 2.